The highest BCUT2D eigenvalue weighted by Crippen LogP contribution is 2.43. The predicted octanol–water partition coefficient (Wildman–Crippen LogP) is 10.9. The second-order valence-electron chi connectivity index (χ2n) is 11.1. The summed E-state index contributed by atoms with van der Waals surface area (Å²) in [4.78, 5) is 15.4. The molecule has 9 rings (SSSR count). The van der Waals surface area contributed by atoms with Crippen molar-refractivity contribution in [2.24, 2.45) is 0 Å². The number of thiophene rings is 1. The molecular formula is C39H25N3OS. The molecule has 5 heteroatoms. The van der Waals surface area contributed by atoms with Crippen molar-refractivity contribution < 1.29 is 4.42 Å². The second kappa shape index (κ2) is 10.1. The average Bonchev–Trinajstić information content (AvgIpc) is 3.68. The van der Waals surface area contributed by atoms with Gasteiger partial charge < -0.3 is 4.42 Å². The molecule has 0 saturated heterocycles. The maximum Gasteiger partial charge on any atom is 0.164 e. The van der Waals surface area contributed by atoms with Crippen LogP contribution in [0.25, 0.3) is 81.8 Å². The van der Waals surface area contributed by atoms with Crippen molar-refractivity contribution in [1.82, 2.24) is 15.0 Å². The van der Waals surface area contributed by atoms with Gasteiger partial charge in [0.15, 0.2) is 17.5 Å². The Morgan fingerprint density at radius 3 is 2.11 bits per heavy atom. The molecule has 1 aliphatic rings. The molecule has 208 valence electrons. The standard InChI is InChI=1S/C39H25N3OS/c1-3-12-24(13-4-1)26-22-23-30(35-27-16-7-9-19-31(27)43-36(26)35)39-41-37(25-14-5-2-6-15-25)40-38(42-39)29-18-11-21-33-34(29)28-17-8-10-20-32(28)44-33/h1-3,5-12,14-23H,4,13H2. The zero-order chi connectivity index (χ0) is 29.0. The van der Waals surface area contributed by atoms with E-state index in [0.717, 1.165) is 57.0 Å². The molecule has 3 heterocycles. The minimum absolute atomic E-state index is 0.631. The Morgan fingerprint density at radius 2 is 1.27 bits per heavy atom. The first-order valence-corrected chi connectivity index (χ1v) is 15.7. The smallest absolute Gasteiger partial charge is 0.164 e. The summed E-state index contributed by atoms with van der Waals surface area (Å²) in [6.07, 6.45) is 8.55. The van der Waals surface area contributed by atoms with Gasteiger partial charge in [-0.2, -0.15) is 0 Å². The van der Waals surface area contributed by atoms with E-state index in [1.54, 1.807) is 11.3 Å². The Hall–Kier alpha value is -5.39. The normalized spacial score (nSPS) is 13.3. The van der Waals surface area contributed by atoms with E-state index in [-0.39, 0.29) is 0 Å². The Labute approximate surface area is 257 Å². The molecule has 0 aliphatic heterocycles. The molecule has 5 aromatic carbocycles. The molecule has 4 nitrogen and oxygen atoms in total. The molecular weight excluding hydrogens is 559 g/mol. The van der Waals surface area contributed by atoms with E-state index in [0.29, 0.717) is 17.5 Å². The van der Waals surface area contributed by atoms with Crippen LogP contribution in [0.5, 0.6) is 0 Å². The van der Waals surface area contributed by atoms with Crippen molar-refractivity contribution in [3.8, 4) is 34.2 Å². The van der Waals surface area contributed by atoms with E-state index >= 15 is 0 Å². The molecule has 0 amide bonds. The van der Waals surface area contributed by atoms with Crippen molar-refractivity contribution >= 4 is 59.0 Å². The number of benzene rings is 5. The van der Waals surface area contributed by atoms with Crippen LogP contribution in [-0.2, 0) is 0 Å². The number of hydrogen-bond donors (Lipinski definition) is 0. The van der Waals surface area contributed by atoms with E-state index in [4.69, 9.17) is 19.4 Å². The van der Waals surface area contributed by atoms with Crippen LogP contribution in [-0.4, -0.2) is 15.0 Å². The Morgan fingerprint density at radius 1 is 0.568 bits per heavy atom. The monoisotopic (exact) mass is 583 g/mol. The number of hydrogen-bond acceptors (Lipinski definition) is 5. The van der Waals surface area contributed by atoms with Crippen molar-refractivity contribution in [3.63, 3.8) is 0 Å². The molecule has 44 heavy (non-hydrogen) atoms. The number of para-hydroxylation sites is 1. The van der Waals surface area contributed by atoms with Crippen molar-refractivity contribution in [2.75, 3.05) is 0 Å². The summed E-state index contributed by atoms with van der Waals surface area (Å²) in [5, 5.41) is 4.48. The van der Waals surface area contributed by atoms with Gasteiger partial charge in [0, 0.05) is 53.2 Å². The molecule has 0 bridgehead atoms. The van der Waals surface area contributed by atoms with Gasteiger partial charge in [0.05, 0.1) is 0 Å². The Bertz CT molecular complexity index is 2450. The zero-order valence-corrected chi connectivity index (χ0v) is 24.5. The lowest BCUT2D eigenvalue weighted by Crippen LogP contribution is -2.01. The first-order valence-electron chi connectivity index (χ1n) is 14.8. The number of allylic oxidation sites excluding steroid dienone is 4. The highest BCUT2D eigenvalue weighted by molar-refractivity contribution is 7.25. The molecule has 3 aromatic heterocycles. The van der Waals surface area contributed by atoms with Crippen LogP contribution < -0.4 is 0 Å². The SMILES string of the molecule is C1=CCCC(c2ccc(-c3nc(-c4ccccc4)nc(-c4cccc5sc6ccccc6c45)n3)c3c2oc2ccccc23)=C1. The lowest BCUT2D eigenvalue weighted by Gasteiger charge is -2.13. The number of furan rings is 1. The van der Waals surface area contributed by atoms with E-state index in [1.165, 1.54) is 25.7 Å². The fourth-order valence-corrected chi connectivity index (χ4v) is 7.52. The average molecular weight is 584 g/mol. The largest absolute Gasteiger partial charge is 0.455 e. The van der Waals surface area contributed by atoms with Gasteiger partial charge >= 0.3 is 0 Å². The molecule has 0 spiro atoms. The maximum absolute atomic E-state index is 6.59. The van der Waals surface area contributed by atoms with Gasteiger partial charge in [-0.1, -0.05) is 103 Å². The van der Waals surface area contributed by atoms with Gasteiger partial charge in [-0.15, -0.1) is 11.3 Å². The lowest BCUT2D eigenvalue weighted by atomic mass is 9.93. The topological polar surface area (TPSA) is 51.8 Å². The Balaban J connectivity index is 1.35. The van der Waals surface area contributed by atoms with Crippen LogP contribution >= 0.6 is 11.3 Å². The summed E-state index contributed by atoms with van der Waals surface area (Å²) in [6.45, 7) is 0. The van der Waals surface area contributed by atoms with E-state index in [9.17, 15) is 0 Å². The third-order valence-corrected chi connectivity index (χ3v) is 9.57. The van der Waals surface area contributed by atoms with Crippen molar-refractivity contribution in [2.45, 2.75) is 12.8 Å². The van der Waals surface area contributed by atoms with E-state index < -0.39 is 0 Å². The van der Waals surface area contributed by atoms with Crippen molar-refractivity contribution in [1.29, 1.82) is 0 Å². The minimum Gasteiger partial charge on any atom is -0.455 e. The maximum atomic E-state index is 6.59. The molecule has 0 unspecified atom stereocenters. The van der Waals surface area contributed by atoms with Gasteiger partial charge in [-0.3, -0.25) is 0 Å². The zero-order valence-electron chi connectivity index (χ0n) is 23.7. The third kappa shape index (κ3) is 4.01. The van der Waals surface area contributed by atoms with Crippen LogP contribution in [0.2, 0.25) is 0 Å². The van der Waals surface area contributed by atoms with Crippen LogP contribution in [0, 0.1) is 0 Å². The number of rotatable bonds is 4. The lowest BCUT2D eigenvalue weighted by molar-refractivity contribution is 0.667. The summed E-state index contributed by atoms with van der Waals surface area (Å²) in [6, 6.07) is 37.7. The van der Waals surface area contributed by atoms with Crippen LogP contribution in [0.3, 0.4) is 0 Å². The van der Waals surface area contributed by atoms with Crippen LogP contribution in [0.15, 0.2) is 132 Å². The molecule has 8 aromatic rings. The molecule has 0 radical (unpaired) electrons. The number of fused-ring (bicyclic) bond motifs is 6. The third-order valence-electron chi connectivity index (χ3n) is 8.44. The summed E-state index contributed by atoms with van der Waals surface area (Å²) in [5.74, 6) is 1.94. The van der Waals surface area contributed by atoms with E-state index in [1.807, 2.05) is 30.3 Å². The predicted molar refractivity (Wildman–Crippen MR) is 183 cm³/mol. The summed E-state index contributed by atoms with van der Waals surface area (Å²) in [7, 11) is 0. The Kier molecular flexibility index (Phi) is 5.78. The van der Waals surface area contributed by atoms with Gasteiger partial charge in [-0.25, -0.2) is 15.0 Å². The highest BCUT2D eigenvalue weighted by atomic mass is 32.1. The number of aromatic nitrogens is 3. The van der Waals surface area contributed by atoms with E-state index in [2.05, 4.69) is 97.1 Å². The minimum atomic E-state index is 0.631. The van der Waals surface area contributed by atoms with Gasteiger partial charge in [0.25, 0.3) is 0 Å². The molecule has 1 aliphatic carbocycles. The van der Waals surface area contributed by atoms with Crippen LogP contribution in [0.1, 0.15) is 18.4 Å². The second-order valence-corrected chi connectivity index (χ2v) is 12.2. The summed E-state index contributed by atoms with van der Waals surface area (Å²) in [5.41, 5.74) is 7.02. The van der Waals surface area contributed by atoms with Crippen LogP contribution in [0.4, 0.5) is 0 Å². The quantitative estimate of drug-likeness (QED) is 0.207. The van der Waals surface area contributed by atoms with Gasteiger partial charge in [-0.05, 0) is 42.7 Å². The van der Waals surface area contributed by atoms with Gasteiger partial charge in [0.2, 0.25) is 0 Å². The molecule has 0 atom stereocenters. The fourth-order valence-electron chi connectivity index (χ4n) is 6.39. The molecule has 0 fully saturated rings. The highest BCUT2D eigenvalue weighted by Gasteiger charge is 2.22. The molecule has 0 saturated carbocycles. The number of nitrogens with zero attached hydrogens (tertiary/aromatic N) is 3. The fraction of sp³-hybridized carbons (Fsp3) is 0.0513. The first kappa shape index (κ1) is 25.1. The first-order chi connectivity index (χ1) is 21.8. The van der Waals surface area contributed by atoms with Crippen molar-refractivity contribution in [3.05, 3.63) is 133 Å². The summed E-state index contributed by atoms with van der Waals surface area (Å²) >= 11 is 1.80. The molecule has 0 N–H and O–H groups in total. The van der Waals surface area contributed by atoms with Gasteiger partial charge in [0.1, 0.15) is 11.2 Å². The summed E-state index contributed by atoms with van der Waals surface area (Å²) < 4.78 is 9.06.